The van der Waals surface area contributed by atoms with E-state index in [2.05, 4.69) is 47.3 Å². The van der Waals surface area contributed by atoms with E-state index in [-0.39, 0.29) is 34.3 Å². The van der Waals surface area contributed by atoms with Gasteiger partial charge in [0.05, 0.1) is 45.8 Å². The maximum absolute atomic E-state index is 16.2. The van der Waals surface area contributed by atoms with Gasteiger partial charge in [0.15, 0.2) is 11.6 Å². The van der Waals surface area contributed by atoms with Crippen LogP contribution in [0.4, 0.5) is 8.78 Å². The van der Waals surface area contributed by atoms with Crippen LogP contribution in [0.2, 0.25) is 0 Å². The van der Waals surface area contributed by atoms with E-state index in [1.54, 1.807) is 60.7 Å². The number of ether oxygens (including phenoxy) is 1. The number of benzene rings is 3. The first-order valence-corrected chi connectivity index (χ1v) is 22.6. The van der Waals surface area contributed by atoms with Crippen LogP contribution in [0.3, 0.4) is 0 Å². The van der Waals surface area contributed by atoms with Crippen LogP contribution in [0.1, 0.15) is 116 Å². The summed E-state index contributed by atoms with van der Waals surface area (Å²) >= 11 is 0. The number of carbonyl (C=O) groups excluding carboxylic acids is 1. The molecule has 1 saturated heterocycles. The van der Waals surface area contributed by atoms with Crippen molar-refractivity contribution in [2.24, 2.45) is 7.05 Å². The highest BCUT2D eigenvalue weighted by Crippen LogP contribution is 2.57. The minimum atomic E-state index is -0.818. The van der Waals surface area contributed by atoms with Gasteiger partial charge in [0, 0.05) is 54.5 Å². The Morgan fingerprint density at radius 3 is 2.36 bits per heavy atom. The summed E-state index contributed by atoms with van der Waals surface area (Å²) in [5.74, 6) is -0.823. The zero-order valence-corrected chi connectivity index (χ0v) is 37.5. The highest BCUT2D eigenvalue weighted by atomic mass is 19.1. The SMILES string of the molecule is Cc1cc(-n2nc3c(c2-n2ccn(-c4ccc5c(cnn5C)c4F)c2=O)[C@H](C)N(C(=O)c2cc4cc([C@H]5CCOC(C)(C)C5)ccc4n2C2(c4noc(=O)[nH]4)CC2)CC32CC2)cc(C)c1F. The summed E-state index contributed by atoms with van der Waals surface area (Å²) in [5, 5.41) is 14.8. The molecule has 66 heavy (non-hydrogen) atoms. The van der Waals surface area contributed by atoms with Crippen molar-refractivity contribution in [3.8, 4) is 17.2 Å². The van der Waals surface area contributed by atoms with E-state index in [0.717, 1.165) is 42.3 Å². The van der Waals surface area contributed by atoms with E-state index >= 15 is 13.6 Å². The molecule has 1 N–H and O–H groups in total. The second-order valence-corrected chi connectivity index (χ2v) is 19.7. The molecule has 5 aromatic heterocycles. The molecule has 8 aromatic rings. The first kappa shape index (κ1) is 40.6. The number of amides is 1. The standard InChI is InChI=1S/C49H48F2N10O5/c1-26-19-32(20-27(2)39(26)50)61-42(58-17-16-57(46(58)64)36-10-9-35-33(40(36)51)24-52-56(35)6)38-28(3)59(25-48(12-13-48)41(38)54-61)43(62)37-22-31-21-29(30-11-18-65-47(4,5)23-30)7-8-34(31)60(37)49(14-15-49)44-53-45(63)66-55-44/h7-10,16-17,19-22,24,28,30H,11-15,18,23,25H2,1-6H3,(H,53,55,63)/t28-,30-/m0/s1. The lowest BCUT2D eigenvalue weighted by atomic mass is 9.83. The lowest BCUT2D eigenvalue weighted by molar-refractivity contribution is -0.0592. The molecule has 12 rings (SSSR count). The summed E-state index contributed by atoms with van der Waals surface area (Å²) in [7, 11) is 1.72. The summed E-state index contributed by atoms with van der Waals surface area (Å²) in [5.41, 5.74) is 3.70. The van der Waals surface area contributed by atoms with Crippen LogP contribution < -0.4 is 11.4 Å². The lowest BCUT2D eigenvalue weighted by Gasteiger charge is -2.38. The zero-order valence-electron chi connectivity index (χ0n) is 37.5. The van der Waals surface area contributed by atoms with Gasteiger partial charge in [-0.2, -0.15) is 10.2 Å². The molecule has 0 bridgehead atoms. The van der Waals surface area contributed by atoms with Gasteiger partial charge in [0.25, 0.3) is 5.91 Å². The largest absolute Gasteiger partial charge is 0.438 e. The van der Waals surface area contributed by atoms with E-state index in [1.807, 2.05) is 22.5 Å². The Balaban J connectivity index is 1.03. The Morgan fingerprint density at radius 2 is 1.67 bits per heavy atom. The number of carbonyl (C=O) groups is 1. The minimum absolute atomic E-state index is 0.0511. The number of halogens is 2. The summed E-state index contributed by atoms with van der Waals surface area (Å²) in [6.07, 6.45) is 9.04. The van der Waals surface area contributed by atoms with E-state index in [0.29, 0.717) is 71.2 Å². The molecule has 17 heteroatoms. The number of H-pyrrole nitrogens is 1. The Morgan fingerprint density at radius 1 is 0.924 bits per heavy atom. The summed E-state index contributed by atoms with van der Waals surface area (Å²) in [6.45, 7) is 10.6. The number of aromatic amines is 1. The number of rotatable bonds is 7. The fourth-order valence-electron chi connectivity index (χ4n) is 11.1. The third-order valence-corrected chi connectivity index (χ3v) is 14.9. The van der Waals surface area contributed by atoms with Gasteiger partial charge in [-0.3, -0.25) is 28.1 Å². The maximum Gasteiger partial charge on any atom is 0.438 e. The molecule has 15 nitrogen and oxygen atoms in total. The number of hydrogen-bond donors (Lipinski definition) is 1. The highest BCUT2D eigenvalue weighted by Gasteiger charge is 2.57. The molecule has 2 aliphatic carbocycles. The quantitative estimate of drug-likeness (QED) is 0.171. The van der Waals surface area contributed by atoms with Crippen LogP contribution in [0.15, 0.2) is 81.2 Å². The van der Waals surface area contributed by atoms with Crippen molar-refractivity contribution >= 4 is 27.7 Å². The first-order chi connectivity index (χ1) is 31.6. The van der Waals surface area contributed by atoms with Crippen molar-refractivity contribution in [3.63, 3.8) is 0 Å². The summed E-state index contributed by atoms with van der Waals surface area (Å²) < 4.78 is 50.5. The number of imidazole rings is 1. The highest BCUT2D eigenvalue weighted by molar-refractivity contribution is 6.00. The molecular formula is C49H48F2N10O5. The molecule has 1 spiro atoms. The smallest absolute Gasteiger partial charge is 0.376 e. The molecule has 2 atom stereocenters. The van der Waals surface area contributed by atoms with Crippen molar-refractivity contribution < 1.29 is 22.8 Å². The van der Waals surface area contributed by atoms with E-state index in [9.17, 15) is 9.59 Å². The van der Waals surface area contributed by atoms with Crippen molar-refractivity contribution in [3.05, 3.63) is 139 Å². The van der Waals surface area contributed by atoms with E-state index in [4.69, 9.17) is 14.4 Å². The van der Waals surface area contributed by atoms with Crippen LogP contribution in [0.5, 0.6) is 0 Å². The van der Waals surface area contributed by atoms with Crippen LogP contribution >= 0.6 is 0 Å². The molecule has 7 heterocycles. The molecule has 4 aliphatic rings. The van der Waals surface area contributed by atoms with Gasteiger partial charge in [-0.1, -0.05) is 11.2 Å². The predicted molar refractivity (Wildman–Crippen MR) is 240 cm³/mol. The predicted octanol–water partition coefficient (Wildman–Crippen LogP) is 7.69. The average Bonchev–Trinajstić information content (AvgIpc) is 3.88. The van der Waals surface area contributed by atoms with Gasteiger partial charge in [-0.05, 0) is 138 Å². The molecular weight excluding hydrogens is 847 g/mol. The molecule has 338 valence electrons. The fourth-order valence-corrected chi connectivity index (χ4v) is 11.1. The number of aromatic nitrogens is 9. The second-order valence-electron chi connectivity index (χ2n) is 19.7. The Bertz CT molecular complexity index is 3460. The lowest BCUT2D eigenvalue weighted by Crippen LogP contribution is -2.45. The minimum Gasteiger partial charge on any atom is -0.376 e. The van der Waals surface area contributed by atoms with Crippen LogP contribution in [-0.2, 0) is 22.7 Å². The Labute approximate surface area is 376 Å². The molecule has 2 saturated carbocycles. The Kier molecular flexibility index (Phi) is 8.51. The Hall–Kier alpha value is -6.88. The zero-order chi connectivity index (χ0) is 45.8. The van der Waals surface area contributed by atoms with E-state index < -0.39 is 34.3 Å². The first-order valence-electron chi connectivity index (χ1n) is 22.6. The third kappa shape index (κ3) is 5.87. The van der Waals surface area contributed by atoms with Crippen molar-refractivity contribution in [1.82, 2.24) is 48.3 Å². The van der Waals surface area contributed by atoms with Gasteiger partial charge in [-0.25, -0.2) is 23.1 Å². The van der Waals surface area contributed by atoms with Crippen LogP contribution in [0, 0.1) is 25.5 Å². The van der Waals surface area contributed by atoms with Crippen LogP contribution in [0.25, 0.3) is 39.0 Å². The van der Waals surface area contributed by atoms with Gasteiger partial charge >= 0.3 is 11.4 Å². The number of nitrogens with one attached hydrogen (secondary N) is 1. The van der Waals surface area contributed by atoms with E-state index in [1.165, 1.54) is 27.1 Å². The monoisotopic (exact) mass is 894 g/mol. The summed E-state index contributed by atoms with van der Waals surface area (Å²) in [4.78, 5) is 47.6. The topological polar surface area (TPSA) is 156 Å². The van der Waals surface area contributed by atoms with Gasteiger partial charge in [-0.15, -0.1) is 0 Å². The molecule has 0 radical (unpaired) electrons. The van der Waals surface area contributed by atoms with Gasteiger partial charge in [0.1, 0.15) is 22.9 Å². The number of fused-ring (bicyclic) bond motifs is 4. The third-order valence-electron chi connectivity index (χ3n) is 14.9. The molecule has 3 fully saturated rings. The molecule has 0 unspecified atom stereocenters. The fraction of sp³-hybridized carbons (Fsp3) is 0.388. The summed E-state index contributed by atoms with van der Waals surface area (Å²) in [6, 6.07) is 14.4. The van der Waals surface area contributed by atoms with Gasteiger partial charge < -0.3 is 14.2 Å². The van der Waals surface area contributed by atoms with Crippen molar-refractivity contribution in [2.75, 3.05) is 13.2 Å². The van der Waals surface area contributed by atoms with Gasteiger partial charge in [0.2, 0.25) is 0 Å². The molecule has 2 aliphatic heterocycles. The average molecular weight is 895 g/mol. The maximum atomic E-state index is 16.2. The number of nitrogens with zero attached hydrogens (tertiary/aromatic N) is 9. The second kappa shape index (κ2) is 13.8. The molecule has 3 aromatic carbocycles. The molecule has 1 amide bonds. The number of hydrogen-bond acceptors (Lipinski definition) is 8. The van der Waals surface area contributed by atoms with Crippen molar-refractivity contribution in [2.45, 2.75) is 102 Å². The van der Waals surface area contributed by atoms with Crippen LogP contribution in [-0.4, -0.2) is 73.0 Å². The van der Waals surface area contributed by atoms with Crippen molar-refractivity contribution in [1.29, 1.82) is 0 Å². The number of aryl methyl sites for hydroxylation is 3. The normalized spacial score (nSPS) is 20.4.